The minimum Gasteiger partial charge on any atom is -0.451 e. The number of rotatable bonds is 3. The van der Waals surface area contributed by atoms with Crippen LogP contribution in [0.1, 0.15) is 0 Å². The lowest BCUT2D eigenvalue weighted by atomic mass is 10.3. The molecule has 0 bridgehead atoms. The Morgan fingerprint density at radius 2 is 1.44 bits per heavy atom. The first kappa shape index (κ1) is 14.7. The van der Waals surface area contributed by atoms with Crippen LogP contribution in [0.5, 0.6) is 0 Å². The molecule has 0 aromatic rings. The fourth-order valence-corrected chi connectivity index (χ4v) is 0.446. The van der Waals surface area contributed by atoms with Crippen LogP contribution < -0.4 is 0 Å². The first-order chi connectivity index (χ1) is 6.98. The Bertz CT molecular complexity index is 300. The second-order valence-electron chi connectivity index (χ2n) is 2.34. The van der Waals surface area contributed by atoms with Crippen molar-refractivity contribution >= 4 is 5.97 Å². The van der Waals surface area contributed by atoms with Gasteiger partial charge in [0.25, 0.3) is 0 Å². The third-order valence-electron chi connectivity index (χ3n) is 1.06. The van der Waals surface area contributed by atoms with E-state index in [2.05, 4.69) is 4.74 Å². The van der Waals surface area contributed by atoms with Crippen LogP contribution in [-0.2, 0) is 9.53 Å². The molecule has 0 aliphatic rings. The van der Waals surface area contributed by atoms with Gasteiger partial charge in [-0.3, -0.25) is 0 Å². The van der Waals surface area contributed by atoms with E-state index < -0.39 is 36.6 Å². The molecule has 0 radical (unpaired) electrons. The fourth-order valence-electron chi connectivity index (χ4n) is 0.446. The Kier molecular flexibility index (Phi) is 4.27. The van der Waals surface area contributed by atoms with Crippen LogP contribution in [0.3, 0.4) is 0 Å². The number of alkyl halides is 5. The minimum absolute atomic E-state index is 2.43. The zero-order valence-corrected chi connectivity index (χ0v) is 7.05. The topological polar surface area (TPSA) is 26.3 Å². The summed E-state index contributed by atoms with van der Waals surface area (Å²) < 4.78 is 96.3. The zero-order valence-electron chi connectivity index (χ0n) is 7.05. The number of carbonyl (C=O) groups excluding carboxylic acids is 1. The summed E-state index contributed by atoms with van der Waals surface area (Å²) in [4.78, 5) is 10.2. The largest absolute Gasteiger partial charge is 0.451 e. The van der Waals surface area contributed by atoms with E-state index in [9.17, 15) is 39.9 Å². The third kappa shape index (κ3) is 4.03. The molecule has 0 unspecified atom stereocenters. The quantitative estimate of drug-likeness (QED) is 0.574. The lowest BCUT2D eigenvalue weighted by molar-refractivity contribution is -0.201. The second-order valence-corrected chi connectivity index (χ2v) is 2.34. The Morgan fingerprint density at radius 1 is 1.00 bits per heavy atom. The molecule has 0 rings (SSSR count). The molecule has 0 fully saturated rings. The van der Waals surface area contributed by atoms with Crippen molar-refractivity contribution in [3.63, 3.8) is 0 Å². The molecule has 0 atom stereocenters. The summed E-state index contributed by atoms with van der Waals surface area (Å²) in [6.07, 6.45) is -8.64. The maximum Gasteiger partial charge on any atom is 0.422 e. The van der Waals surface area contributed by atoms with Gasteiger partial charge in [0.2, 0.25) is 5.83 Å². The monoisotopic (exact) mass is 258 g/mol. The predicted octanol–water partition coefficient (Wildman–Crippen LogP) is 2.80. The van der Waals surface area contributed by atoms with Crippen LogP contribution in [0, 0.1) is 0 Å². The van der Waals surface area contributed by atoms with E-state index in [4.69, 9.17) is 0 Å². The number of hydrogen-bond donors (Lipinski definition) is 0. The maximum absolute atomic E-state index is 12.3. The summed E-state index contributed by atoms with van der Waals surface area (Å²) in [5, 5.41) is 0. The SMILES string of the molecule is O=C(OCC(F)(F)F)C(F)(F)C(F)=C(F)F. The van der Waals surface area contributed by atoms with Gasteiger partial charge in [0.15, 0.2) is 6.61 Å². The van der Waals surface area contributed by atoms with Crippen molar-refractivity contribution < 1.29 is 44.7 Å². The minimum atomic E-state index is -5.44. The van der Waals surface area contributed by atoms with Crippen molar-refractivity contribution in [2.45, 2.75) is 12.1 Å². The summed E-state index contributed by atoms with van der Waals surface area (Å²) in [5.41, 5.74) is 0. The van der Waals surface area contributed by atoms with Crippen molar-refractivity contribution in [2.75, 3.05) is 6.61 Å². The first-order valence-corrected chi connectivity index (χ1v) is 3.31. The summed E-state index contributed by atoms with van der Waals surface area (Å²) in [7, 11) is 0. The van der Waals surface area contributed by atoms with Gasteiger partial charge >= 0.3 is 24.1 Å². The molecule has 0 heterocycles. The average molecular weight is 258 g/mol. The van der Waals surface area contributed by atoms with Crippen LogP contribution >= 0.6 is 0 Å². The molecular weight excluding hydrogens is 256 g/mol. The molecule has 0 N–H and O–H groups in total. The molecule has 94 valence electrons. The predicted molar refractivity (Wildman–Crippen MR) is 32.3 cm³/mol. The summed E-state index contributed by atoms with van der Waals surface area (Å²) >= 11 is 0. The van der Waals surface area contributed by atoms with Gasteiger partial charge in [-0.05, 0) is 0 Å². The number of halogens is 8. The summed E-state index contributed by atoms with van der Waals surface area (Å²) in [6.45, 7) is -2.43. The number of carbonyl (C=O) groups is 1. The van der Waals surface area contributed by atoms with Crippen LogP contribution in [0.25, 0.3) is 0 Å². The standard InChI is InChI=1S/C6H2F8O2/c7-2(3(8)9)6(13,14)4(15)16-1-5(10,11)12/h1H2. The molecule has 0 aliphatic heterocycles. The highest BCUT2D eigenvalue weighted by Crippen LogP contribution is 2.31. The van der Waals surface area contributed by atoms with Crippen molar-refractivity contribution in [2.24, 2.45) is 0 Å². The Balaban J connectivity index is 4.68. The van der Waals surface area contributed by atoms with Crippen LogP contribution in [0.4, 0.5) is 35.1 Å². The summed E-state index contributed by atoms with van der Waals surface area (Å²) in [6, 6.07) is 0. The molecule has 16 heavy (non-hydrogen) atoms. The number of esters is 1. The van der Waals surface area contributed by atoms with Gasteiger partial charge in [0.1, 0.15) is 0 Å². The Morgan fingerprint density at radius 3 is 1.75 bits per heavy atom. The van der Waals surface area contributed by atoms with Gasteiger partial charge in [0.05, 0.1) is 0 Å². The van der Waals surface area contributed by atoms with Gasteiger partial charge in [0, 0.05) is 0 Å². The van der Waals surface area contributed by atoms with Gasteiger partial charge in [-0.25, -0.2) is 4.79 Å². The Hall–Kier alpha value is -1.35. The van der Waals surface area contributed by atoms with E-state index in [1.165, 1.54) is 0 Å². The molecule has 0 spiro atoms. The van der Waals surface area contributed by atoms with Crippen LogP contribution in [-0.4, -0.2) is 24.7 Å². The van der Waals surface area contributed by atoms with Crippen LogP contribution in [0.15, 0.2) is 11.9 Å². The van der Waals surface area contributed by atoms with Gasteiger partial charge in [-0.15, -0.1) is 0 Å². The van der Waals surface area contributed by atoms with Crippen molar-refractivity contribution in [1.29, 1.82) is 0 Å². The van der Waals surface area contributed by atoms with E-state index in [1.807, 2.05) is 0 Å². The fraction of sp³-hybridized carbons (Fsp3) is 0.500. The lowest BCUT2D eigenvalue weighted by Gasteiger charge is -2.13. The number of hydrogen-bond acceptors (Lipinski definition) is 2. The highest BCUT2D eigenvalue weighted by atomic mass is 19.4. The van der Waals surface area contributed by atoms with Gasteiger partial charge in [-0.1, -0.05) is 0 Å². The number of ether oxygens (including phenoxy) is 1. The molecular formula is C6H2F8O2. The molecule has 0 aliphatic carbocycles. The normalized spacial score (nSPS) is 12.2. The zero-order chi connectivity index (χ0) is 13.1. The van der Waals surface area contributed by atoms with E-state index >= 15 is 0 Å². The van der Waals surface area contributed by atoms with Gasteiger partial charge in [-0.2, -0.15) is 35.1 Å². The van der Waals surface area contributed by atoms with E-state index in [0.717, 1.165) is 0 Å². The molecule has 10 heteroatoms. The highest BCUT2D eigenvalue weighted by molar-refractivity contribution is 5.80. The van der Waals surface area contributed by atoms with E-state index in [1.54, 1.807) is 0 Å². The van der Waals surface area contributed by atoms with Crippen LogP contribution in [0.2, 0.25) is 0 Å². The van der Waals surface area contributed by atoms with Crippen molar-refractivity contribution in [3.05, 3.63) is 11.9 Å². The van der Waals surface area contributed by atoms with E-state index in [-0.39, 0.29) is 0 Å². The molecule has 0 aromatic carbocycles. The summed E-state index contributed by atoms with van der Waals surface area (Å²) in [5.74, 6) is -11.9. The first-order valence-electron chi connectivity index (χ1n) is 3.31. The average Bonchev–Trinajstić information content (AvgIpc) is 2.11. The van der Waals surface area contributed by atoms with Crippen molar-refractivity contribution in [3.8, 4) is 0 Å². The molecule has 0 saturated heterocycles. The molecule has 0 amide bonds. The van der Waals surface area contributed by atoms with E-state index in [0.29, 0.717) is 0 Å². The smallest absolute Gasteiger partial charge is 0.422 e. The van der Waals surface area contributed by atoms with Gasteiger partial charge < -0.3 is 4.74 Å². The molecule has 0 saturated carbocycles. The van der Waals surface area contributed by atoms with Crippen molar-refractivity contribution in [1.82, 2.24) is 0 Å². The molecule has 0 aromatic heterocycles. The molecule has 2 nitrogen and oxygen atoms in total. The highest BCUT2D eigenvalue weighted by Gasteiger charge is 2.50. The third-order valence-corrected chi connectivity index (χ3v) is 1.06. The maximum atomic E-state index is 12.3. The lowest BCUT2D eigenvalue weighted by Crippen LogP contribution is -2.34. The Labute approximate surface area is 82.5 Å². The second kappa shape index (κ2) is 4.66.